The Morgan fingerprint density at radius 1 is 0.636 bits per heavy atom. The molecule has 0 fully saturated rings. The van der Waals surface area contributed by atoms with Crippen molar-refractivity contribution in [3.05, 3.63) is 71.8 Å². The first-order valence-corrected chi connectivity index (χ1v) is 8.19. The molecule has 0 bridgehead atoms. The minimum absolute atomic E-state index is 0.549. The van der Waals surface area contributed by atoms with Crippen molar-refractivity contribution in [3.8, 4) is 11.1 Å². The second kappa shape index (κ2) is 5.96. The van der Waals surface area contributed by atoms with E-state index in [2.05, 4.69) is 88.4 Å². The van der Waals surface area contributed by atoms with E-state index < -0.39 is 0 Å². The summed E-state index contributed by atoms with van der Waals surface area (Å²) in [6.07, 6.45) is 0. The topological polar surface area (TPSA) is 0 Å². The van der Waals surface area contributed by atoms with Crippen molar-refractivity contribution in [2.75, 3.05) is 0 Å². The predicted molar refractivity (Wildman–Crippen MR) is 97.6 cm³/mol. The molecular weight excluding hydrogens is 264 g/mol. The Kier molecular flexibility index (Phi) is 4.02. The van der Waals surface area contributed by atoms with Crippen LogP contribution >= 0.6 is 0 Å². The first kappa shape index (κ1) is 14.8. The molecule has 0 saturated heterocycles. The molecule has 112 valence electrons. The SMILES string of the molecule is CC(C)c1cc(-c2cccc3ccccc23)cc(C(C)C)c1. The molecule has 0 spiro atoms. The van der Waals surface area contributed by atoms with E-state index in [1.54, 1.807) is 0 Å². The molecule has 0 unspecified atom stereocenters. The summed E-state index contributed by atoms with van der Waals surface area (Å²) in [4.78, 5) is 0. The summed E-state index contributed by atoms with van der Waals surface area (Å²) < 4.78 is 0. The third kappa shape index (κ3) is 2.78. The zero-order valence-electron chi connectivity index (χ0n) is 13.9. The first-order chi connectivity index (χ1) is 10.6. The van der Waals surface area contributed by atoms with E-state index >= 15 is 0 Å². The summed E-state index contributed by atoms with van der Waals surface area (Å²) in [6, 6.07) is 22.3. The molecule has 0 atom stereocenters. The number of hydrogen-bond donors (Lipinski definition) is 0. The molecule has 0 saturated carbocycles. The van der Waals surface area contributed by atoms with Crippen molar-refractivity contribution >= 4 is 10.8 Å². The van der Waals surface area contributed by atoms with Gasteiger partial charge in [0.1, 0.15) is 0 Å². The van der Waals surface area contributed by atoms with Crippen LogP contribution in [0, 0.1) is 0 Å². The van der Waals surface area contributed by atoms with E-state index in [9.17, 15) is 0 Å². The quantitative estimate of drug-likeness (QED) is 0.500. The van der Waals surface area contributed by atoms with Gasteiger partial charge in [-0.05, 0) is 44.9 Å². The molecule has 0 aliphatic rings. The van der Waals surface area contributed by atoms with Gasteiger partial charge in [0.15, 0.2) is 0 Å². The maximum absolute atomic E-state index is 2.37. The van der Waals surface area contributed by atoms with Crippen LogP contribution in [0.4, 0.5) is 0 Å². The van der Waals surface area contributed by atoms with E-state index in [1.165, 1.54) is 33.0 Å². The molecule has 0 aliphatic heterocycles. The van der Waals surface area contributed by atoms with Gasteiger partial charge in [-0.1, -0.05) is 88.4 Å². The molecule has 0 aliphatic carbocycles. The van der Waals surface area contributed by atoms with Gasteiger partial charge in [0, 0.05) is 0 Å². The fraction of sp³-hybridized carbons (Fsp3) is 0.273. The van der Waals surface area contributed by atoms with E-state index in [0.717, 1.165) is 0 Å². The Labute approximate surface area is 133 Å². The summed E-state index contributed by atoms with van der Waals surface area (Å²) in [5, 5.41) is 2.64. The third-order valence-corrected chi connectivity index (χ3v) is 4.41. The van der Waals surface area contributed by atoms with Crippen LogP contribution < -0.4 is 0 Å². The van der Waals surface area contributed by atoms with Gasteiger partial charge in [0.2, 0.25) is 0 Å². The summed E-state index contributed by atoms with van der Waals surface area (Å²) >= 11 is 0. The van der Waals surface area contributed by atoms with Gasteiger partial charge >= 0.3 is 0 Å². The lowest BCUT2D eigenvalue weighted by atomic mass is 9.89. The molecule has 3 aromatic carbocycles. The highest BCUT2D eigenvalue weighted by molar-refractivity contribution is 5.96. The van der Waals surface area contributed by atoms with Crippen LogP contribution in [0.15, 0.2) is 60.7 Å². The Bertz CT molecular complexity index is 762. The molecule has 0 heterocycles. The smallest absolute Gasteiger partial charge is 0.0105 e. The Morgan fingerprint density at radius 3 is 1.86 bits per heavy atom. The Morgan fingerprint density at radius 2 is 1.23 bits per heavy atom. The van der Waals surface area contributed by atoms with Crippen molar-refractivity contribution in [2.45, 2.75) is 39.5 Å². The van der Waals surface area contributed by atoms with Crippen LogP contribution in [-0.4, -0.2) is 0 Å². The minimum Gasteiger partial charge on any atom is -0.0616 e. The highest BCUT2D eigenvalue weighted by Crippen LogP contribution is 2.33. The van der Waals surface area contributed by atoms with E-state index in [1.807, 2.05) is 0 Å². The summed E-state index contributed by atoms with van der Waals surface area (Å²) in [6.45, 7) is 9.08. The van der Waals surface area contributed by atoms with Gasteiger partial charge in [0.25, 0.3) is 0 Å². The lowest BCUT2D eigenvalue weighted by Gasteiger charge is -2.15. The molecule has 3 rings (SSSR count). The van der Waals surface area contributed by atoms with Crippen molar-refractivity contribution in [1.29, 1.82) is 0 Å². The minimum atomic E-state index is 0.549. The lowest BCUT2D eigenvalue weighted by Crippen LogP contribution is -1.95. The molecular formula is C22H24. The largest absolute Gasteiger partial charge is 0.0616 e. The molecule has 0 nitrogen and oxygen atoms in total. The predicted octanol–water partition coefficient (Wildman–Crippen LogP) is 6.75. The lowest BCUT2D eigenvalue weighted by molar-refractivity contribution is 0.834. The van der Waals surface area contributed by atoms with E-state index in [0.29, 0.717) is 11.8 Å². The number of benzene rings is 3. The highest BCUT2D eigenvalue weighted by atomic mass is 14.1. The van der Waals surface area contributed by atoms with Crippen molar-refractivity contribution in [3.63, 3.8) is 0 Å². The summed E-state index contributed by atoms with van der Waals surface area (Å²) in [5.41, 5.74) is 5.53. The van der Waals surface area contributed by atoms with E-state index in [4.69, 9.17) is 0 Å². The summed E-state index contributed by atoms with van der Waals surface area (Å²) in [5.74, 6) is 1.10. The Balaban J connectivity index is 2.26. The summed E-state index contributed by atoms with van der Waals surface area (Å²) in [7, 11) is 0. The molecule has 0 N–H and O–H groups in total. The standard InChI is InChI=1S/C22H24/c1-15(2)18-12-19(16(3)4)14-20(13-18)22-11-7-9-17-8-5-6-10-21(17)22/h5-16H,1-4H3. The molecule has 3 aromatic rings. The monoisotopic (exact) mass is 288 g/mol. The fourth-order valence-corrected chi connectivity index (χ4v) is 2.98. The Hall–Kier alpha value is -2.08. The molecule has 22 heavy (non-hydrogen) atoms. The highest BCUT2D eigenvalue weighted by Gasteiger charge is 2.10. The number of hydrogen-bond acceptors (Lipinski definition) is 0. The second-order valence-corrected chi connectivity index (χ2v) is 6.72. The molecule has 0 aromatic heterocycles. The van der Waals surface area contributed by atoms with Crippen LogP contribution in [0.3, 0.4) is 0 Å². The van der Waals surface area contributed by atoms with Gasteiger partial charge in [-0.25, -0.2) is 0 Å². The second-order valence-electron chi connectivity index (χ2n) is 6.72. The normalized spacial score (nSPS) is 11.5. The van der Waals surface area contributed by atoms with Gasteiger partial charge in [-0.2, -0.15) is 0 Å². The average Bonchev–Trinajstić information content (AvgIpc) is 2.53. The third-order valence-electron chi connectivity index (χ3n) is 4.41. The van der Waals surface area contributed by atoms with Crippen LogP contribution in [-0.2, 0) is 0 Å². The van der Waals surface area contributed by atoms with Crippen molar-refractivity contribution in [1.82, 2.24) is 0 Å². The molecule has 0 amide bonds. The van der Waals surface area contributed by atoms with Gasteiger partial charge in [-0.3, -0.25) is 0 Å². The van der Waals surface area contributed by atoms with Crippen LogP contribution in [0.1, 0.15) is 50.7 Å². The van der Waals surface area contributed by atoms with Crippen molar-refractivity contribution in [2.24, 2.45) is 0 Å². The van der Waals surface area contributed by atoms with E-state index in [-0.39, 0.29) is 0 Å². The number of rotatable bonds is 3. The van der Waals surface area contributed by atoms with Gasteiger partial charge < -0.3 is 0 Å². The van der Waals surface area contributed by atoms with Crippen LogP contribution in [0.2, 0.25) is 0 Å². The molecule has 0 radical (unpaired) electrons. The maximum Gasteiger partial charge on any atom is -0.0105 e. The number of fused-ring (bicyclic) bond motifs is 1. The van der Waals surface area contributed by atoms with Gasteiger partial charge in [0.05, 0.1) is 0 Å². The van der Waals surface area contributed by atoms with Crippen LogP contribution in [0.25, 0.3) is 21.9 Å². The first-order valence-electron chi connectivity index (χ1n) is 8.19. The maximum atomic E-state index is 2.37. The van der Waals surface area contributed by atoms with Gasteiger partial charge in [-0.15, -0.1) is 0 Å². The van der Waals surface area contributed by atoms with Crippen LogP contribution in [0.5, 0.6) is 0 Å². The zero-order valence-corrected chi connectivity index (χ0v) is 13.9. The van der Waals surface area contributed by atoms with Crippen molar-refractivity contribution < 1.29 is 0 Å². The zero-order chi connectivity index (χ0) is 15.7. The average molecular weight is 288 g/mol. The molecule has 0 heteroatoms. The fourth-order valence-electron chi connectivity index (χ4n) is 2.98.